The van der Waals surface area contributed by atoms with E-state index >= 15 is 0 Å². The Labute approximate surface area is 156 Å². The molecule has 8 nitrogen and oxygen atoms in total. The lowest BCUT2D eigenvalue weighted by Gasteiger charge is -2.17. The summed E-state index contributed by atoms with van der Waals surface area (Å²) in [4.78, 5) is 49.3. The van der Waals surface area contributed by atoms with Gasteiger partial charge in [-0.25, -0.2) is 4.79 Å². The van der Waals surface area contributed by atoms with Crippen LogP contribution in [-0.4, -0.2) is 54.0 Å². The molecule has 0 aliphatic carbocycles. The summed E-state index contributed by atoms with van der Waals surface area (Å²) in [5, 5.41) is 11.5. The number of carbonyl (C=O) groups is 4. The fourth-order valence-electron chi connectivity index (χ4n) is 2.40. The zero-order chi connectivity index (χ0) is 19.9. The molecule has 0 saturated heterocycles. The third kappa shape index (κ3) is 5.29. The highest BCUT2D eigenvalue weighted by Crippen LogP contribution is 2.34. The molecule has 9 heteroatoms. The Balaban J connectivity index is 3.11. The second-order valence-corrected chi connectivity index (χ2v) is 6.55. The fourth-order valence-corrected chi connectivity index (χ4v) is 3.58. The average molecular weight is 384 g/mol. The monoisotopic (exact) mass is 384 g/mol. The summed E-state index contributed by atoms with van der Waals surface area (Å²) >= 11 is 1.02. The minimum atomic E-state index is -0.980. The Morgan fingerprint density at radius 2 is 1.77 bits per heavy atom. The van der Waals surface area contributed by atoms with E-state index in [1.807, 2.05) is 13.8 Å². The summed E-state index contributed by atoms with van der Waals surface area (Å²) in [6.07, 6.45) is 0.0694. The van der Waals surface area contributed by atoms with Crippen molar-refractivity contribution in [1.82, 2.24) is 4.90 Å². The van der Waals surface area contributed by atoms with Crippen LogP contribution in [0.3, 0.4) is 0 Å². The summed E-state index contributed by atoms with van der Waals surface area (Å²) in [5.41, 5.74) is 0.610. The molecule has 1 aromatic heterocycles. The lowest BCUT2D eigenvalue weighted by molar-refractivity contribution is -0.137. The van der Waals surface area contributed by atoms with Gasteiger partial charge in [-0.15, -0.1) is 11.3 Å². The molecule has 26 heavy (non-hydrogen) atoms. The number of carboxylic acid groups (broad SMARTS) is 1. The normalized spacial score (nSPS) is 10.3. The van der Waals surface area contributed by atoms with Crippen LogP contribution in [0.25, 0.3) is 0 Å². The van der Waals surface area contributed by atoms with E-state index in [2.05, 4.69) is 5.32 Å². The number of nitrogens with zero attached hydrogens (tertiary/aromatic N) is 1. The van der Waals surface area contributed by atoms with Gasteiger partial charge >= 0.3 is 11.9 Å². The predicted molar refractivity (Wildman–Crippen MR) is 97.8 cm³/mol. The molecule has 1 aromatic rings. The smallest absolute Gasteiger partial charge is 0.341 e. The number of thiophene rings is 1. The highest BCUT2D eigenvalue weighted by atomic mass is 32.1. The number of nitrogens with one attached hydrogen (secondary N) is 1. The van der Waals surface area contributed by atoms with Crippen molar-refractivity contribution in [2.24, 2.45) is 0 Å². The minimum Gasteiger partial charge on any atom is -0.481 e. The van der Waals surface area contributed by atoms with Gasteiger partial charge in [-0.05, 0) is 32.8 Å². The number of anilines is 1. The molecule has 2 N–H and O–H groups in total. The Morgan fingerprint density at radius 3 is 2.27 bits per heavy atom. The van der Waals surface area contributed by atoms with E-state index in [0.29, 0.717) is 23.5 Å². The number of hydrogen-bond acceptors (Lipinski definition) is 6. The van der Waals surface area contributed by atoms with E-state index in [0.717, 1.165) is 11.3 Å². The number of methoxy groups -OCH3 is 1. The maximum absolute atomic E-state index is 12.6. The van der Waals surface area contributed by atoms with Crippen LogP contribution in [0, 0.1) is 6.92 Å². The largest absolute Gasteiger partial charge is 0.481 e. The van der Waals surface area contributed by atoms with E-state index in [1.54, 1.807) is 11.8 Å². The van der Waals surface area contributed by atoms with E-state index in [9.17, 15) is 19.2 Å². The highest BCUT2D eigenvalue weighted by molar-refractivity contribution is 7.18. The molecule has 0 aromatic carbocycles. The predicted octanol–water partition coefficient (Wildman–Crippen LogP) is 2.52. The van der Waals surface area contributed by atoms with E-state index < -0.39 is 17.8 Å². The molecule has 0 saturated carbocycles. The number of aliphatic carboxylic acids is 1. The first-order chi connectivity index (χ1) is 12.3. The first-order valence-corrected chi connectivity index (χ1v) is 9.10. The van der Waals surface area contributed by atoms with Crippen LogP contribution >= 0.6 is 11.3 Å². The Bertz CT molecular complexity index is 694. The molecule has 0 aliphatic rings. The van der Waals surface area contributed by atoms with Crippen LogP contribution in [0.2, 0.25) is 0 Å². The quantitative estimate of drug-likeness (QED) is 0.633. The fraction of sp³-hybridized carbons (Fsp3) is 0.529. The molecule has 144 valence electrons. The van der Waals surface area contributed by atoms with Crippen molar-refractivity contribution < 1.29 is 29.0 Å². The summed E-state index contributed by atoms with van der Waals surface area (Å²) < 4.78 is 4.77. The lowest BCUT2D eigenvalue weighted by atomic mass is 10.1. The lowest BCUT2D eigenvalue weighted by Crippen LogP contribution is -2.30. The molecule has 1 rings (SSSR count). The standard InChI is InChI=1S/C17H24N2O6S/c1-5-19(6-2)16(23)14-10(3)13(17(24)25-4)15(26-14)18-11(20)8-7-9-12(21)22/h5-9H2,1-4H3,(H,18,20)(H,21,22). The van der Waals surface area contributed by atoms with Crippen LogP contribution in [0.1, 0.15) is 58.7 Å². The Morgan fingerprint density at radius 1 is 1.15 bits per heavy atom. The molecular weight excluding hydrogens is 360 g/mol. The second kappa shape index (κ2) is 9.91. The summed E-state index contributed by atoms with van der Waals surface area (Å²) in [6.45, 7) is 6.40. The van der Waals surface area contributed by atoms with Crippen LogP contribution in [0.15, 0.2) is 0 Å². The van der Waals surface area contributed by atoms with Crippen LogP contribution in [0.5, 0.6) is 0 Å². The van der Waals surface area contributed by atoms with Gasteiger partial charge in [-0.1, -0.05) is 0 Å². The van der Waals surface area contributed by atoms with Gasteiger partial charge in [0.05, 0.1) is 17.6 Å². The Hall–Kier alpha value is -2.42. The van der Waals surface area contributed by atoms with Crippen LogP contribution < -0.4 is 5.32 Å². The summed E-state index contributed by atoms with van der Waals surface area (Å²) in [5.74, 6) is -2.25. The molecule has 1 heterocycles. The molecule has 0 fully saturated rings. The van der Waals surface area contributed by atoms with Crippen molar-refractivity contribution in [1.29, 1.82) is 0 Å². The van der Waals surface area contributed by atoms with Gasteiger partial charge in [0.25, 0.3) is 5.91 Å². The molecule has 0 aliphatic heterocycles. The molecule has 0 unspecified atom stereocenters. The first-order valence-electron chi connectivity index (χ1n) is 8.29. The van der Waals surface area contributed by atoms with E-state index in [1.165, 1.54) is 7.11 Å². The Kier molecular flexibility index (Phi) is 8.24. The number of amides is 2. The molecule has 0 atom stereocenters. The molecule has 2 amide bonds. The van der Waals surface area contributed by atoms with Crippen LogP contribution in [-0.2, 0) is 14.3 Å². The maximum atomic E-state index is 12.6. The number of carboxylic acids is 1. The maximum Gasteiger partial charge on any atom is 0.341 e. The SMILES string of the molecule is CCN(CC)C(=O)c1sc(NC(=O)CCCC(=O)O)c(C(=O)OC)c1C. The number of hydrogen-bond donors (Lipinski definition) is 2. The van der Waals surface area contributed by atoms with Crippen molar-refractivity contribution in [3.63, 3.8) is 0 Å². The van der Waals surface area contributed by atoms with Gasteiger partial charge in [0.2, 0.25) is 5.91 Å². The topological polar surface area (TPSA) is 113 Å². The van der Waals surface area contributed by atoms with E-state index in [4.69, 9.17) is 9.84 Å². The van der Waals surface area contributed by atoms with E-state index in [-0.39, 0.29) is 35.7 Å². The molecule has 0 bridgehead atoms. The number of ether oxygens (including phenoxy) is 1. The van der Waals surface area contributed by atoms with Crippen molar-refractivity contribution in [2.75, 3.05) is 25.5 Å². The first kappa shape index (κ1) is 21.6. The molecule has 0 spiro atoms. The summed E-state index contributed by atoms with van der Waals surface area (Å²) in [7, 11) is 1.23. The molecular formula is C17H24N2O6S. The average Bonchev–Trinajstić information content (AvgIpc) is 2.90. The summed E-state index contributed by atoms with van der Waals surface area (Å²) in [6, 6.07) is 0. The zero-order valence-corrected chi connectivity index (χ0v) is 16.2. The van der Waals surface area contributed by atoms with Gasteiger partial charge in [0, 0.05) is 25.9 Å². The van der Waals surface area contributed by atoms with Crippen LogP contribution in [0.4, 0.5) is 5.00 Å². The van der Waals surface area contributed by atoms with Gasteiger partial charge in [0.15, 0.2) is 0 Å². The highest BCUT2D eigenvalue weighted by Gasteiger charge is 2.27. The number of carbonyl (C=O) groups excluding carboxylic acids is 3. The zero-order valence-electron chi connectivity index (χ0n) is 15.4. The third-order valence-electron chi connectivity index (χ3n) is 3.83. The van der Waals surface area contributed by atoms with Gasteiger partial charge in [0.1, 0.15) is 5.00 Å². The second-order valence-electron chi connectivity index (χ2n) is 5.52. The minimum absolute atomic E-state index is 0.00316. The number of rotatable bonds is 9. The van der Waals surface area contributed by atoms with Crippen molar-refractivity contribution in [2.45, 2.75) is 40.0 Å². The van der Waals surface area contributed by atoms with Gasteiger partial charge < -0.3 is 20.1 Å². The molecule has 0 radical (unpaired) electrons. The van der Waals surface area contributed by atoms with Gasteiger partial charge in [-0.3, -0.25) is 14.4 Å². The third-order valence-corrected chi connectivity index (χ3v) is 5.02. The number of esters is 1. The van der Waals surface area contributed by atoms with Crippen molar-refractivity contribution in [3.8, 4) is 0 Å². The van der Waals surface area contributed by atoms with Gasteiger partial charge in [-0.2, -0.15) is 0 Å². The van der Waals surface area contributed by atoms with Crippen molar-refractivity contribution in [3.05, 3.63) is 16.0 Å². The van der Waals surface area contributed by atoms with Crippen molar-refractivity contribution >= 4 is 40.1 Å².